The summed E-state index contributed by atoms with van der Waals surface area (Å²) in [4.78, 5) is 15.6. The van der Waals surface area contributed by atoms with Crippen molar-refractivity contribution in [2.75, 3.05) is 19.6 Å². The van der Waals surface area contributed by atoms with Gasteiger partial charge in [0.05, 0.1) is 0 Å². The van der Waals surface area contributed by atoms with Crippen LogP contribution < -0.4 is 10.6 Å². The van der Waals surface area contributed by atoms with Gasteiger partial charge in [0, 0.05) is 25.0 Å². The highest BCUT2D eigenvalue weighted by molar-refractivity contribution is 5.91. The van der Waals surface area contributed by atoms with Crippen LogP contribution in [0.25, 0.3) is 6.08 Å². The van der Waals surface area contributed by atoms with Crippen LogP contribution in [-0.4, -0.2) is 30.5 Å². The Morgan fingerprint density at radius 2 is 2.33 bits per heavy atom. The second-order valence-corrected chi connectivity index (χ2v) is 5.01. The van der Waals surface area contributed by atoms with Crippen molar-refractivity contribution in [2.45, 2.75) is 0 Å². The number of hydrogen-bond donors (Lipinski definition) is 2. The lowest BCUT2D eigenvalue weighted by atomic mass is 10.2. The van der Waals surface area contributed by atoms with E-state index in [-0.39, 0.29) is 5.91 Å². The summed E-state index contributed by atoms with van der Waals surface area (Å²) < 4.78 is 0. The molecule has 2 N–H and O–H groups in total. The molecule has 2 atom stereocenters. The zero-order valence-electron chi connectivity index (χ0n) is 10.2. The fourth-order valence-corrected chi connectivity index (χ4v) is 2.77. The number of piperidine rings is 1. The van der Waals surface area contributed by atoms with Crippen molar-refractivity contribution in [2.24, 2.45) is 17.8 Å². The van der Waals surface area contributed by atoms with Crippen LogP contribution in [0.3, 0.4) is 0 Å². The first-order chi connectivity index (χ1) is 8.84. The van der Waals surface area contributed by atoms with Gasteiger partial charge in [-0.2, -0.15) is 0 Å². The average molecular weight is 243 g/mol. The van der Waals surface area contributed by atoms with Crippen molar-refractivity contribution in [3.63, 3.8) is 0 Å². The van der Waals surface area contributed by atoms with Crippen LogP contribution in [0.4, 0.5) is 0 Å². The normalized spacial score (nSPS) is 29.2. The number of carbonyl (C=O) groups is 1. The highest BCUT2D eigenvalue weighted by Gasteiger charge is 2.52. The van der Waals surface area contributed by atoms with E-state index in [0.717, 1.165) is 37.0 Å². The molecule has 1 amide bonds. The standard InChI is InChI=1S/C14H17N3O/c18-14(4-3-10-2-1-5-15-6-10)17-9-13-11-7-16-8-12(11)13/h1-6,11-13,16H,7-9H2,(H,17,18)/b4-3+. The lowest BCUT2D eigenvalue weighted by Gasteiger charge is -2.04. The number of nitrogens with one attached hydrogen (secondary N) is 2. The smallest absolute Gasteiger partial charge is 0.244 e. The fraction of sp³-hybridized carbons (Fsp3) is 0.429. The first-order valence-corrected chi connectivity index (χ1v) is 6.41. The second kappa shape index (κ2) is 4.90. The topological polar surface area (TPSA) is 54.0 Å². The largest absolute Gasteiger partial charge is 0.352 e. The second-order valence-electron chi connectivity index (χ2n) is 5.01. The first-order valence-electron chi connectivity index (χ1n) is 6.41. The molecule has 1 aromatic heterocycles. The molecular formula is C14H17N3O. The third-order valence-corrected chi connectivity index (χ3v) is 3.89. The van der Waals surface area contributed by atoms with E-state index in [9.17, 15) is 4.79 Å². The minimum absolute atomic E-state index is 0.0169. The predicted octanol–water partition coefficient (Wildman–Crippen LogP) is 0.676. The van der Waals surface area contributed by atoms with E-state index >= 15 is 0 Å². The van der Waals surface area contributed by atoms with Gasteiger partial charge >= 0.3 is 0 Å². The van der Waals surface area contributed by atoms with Crippen molar-refractivity contribution in [1.29, 1.82) is 0 Å². The zero-order chi connectivity index (χ0) is 12.4. The Morgan fingerprint density at radius 3 is 3.06 bits per heavy atom. The van der Waals surface area contributed by atoms with Gasteiger partial charge in [0.15, 0.2) is 0 Å². The Morgan fingerprint density at radius 1 is 1.50 bits per heavy atom. The number of rotatable bonds is 4. The third kappa shape index (κ3) is 2.43. The van der Waals surface area contributed by atoms with E-state index < -0.39 is 0 Å². The molecule has 94 valence electrons. The summed E-state index contributed by atoms with van der Waals surface area (Å²) in [5, 5.41) is 6.32. The average Bonchev–Trinajstić information content (AvgIpc) is 2.84. The lowest BCUT2D eigenvalue weighted by Crippen LogP contribution is -2.27. The summed E-state index contributed by atoms with van der Waals surface area (Å²) in [5.41, 5.74) is 0.945. The highest BCUT2D eigenvalue weighted by atomic mass is 16.1. The van der Waals surface area contributed by atoms with Crippen molar-refractivity contribution in [3.8, 4) is 0 Å². The van der Waals surface area contributed by atoms with E-state index in [1.54, 1.807) is 24.5 Å². The van der Waals surface area contributed by atoms with Crippen LogP contribution >= 0.6 is 0 Å². The molecule has 1 saturated heterocycles. The maximum atomic E-state index is 11.6. The van der Waals surface area contributed by atoms with Crippen LogP contribution in [0.2, 0.25) is 0 Å². The van der Waals surface area contributed by atoms with Gasteiger partial charge in [0.1, 0.15) is 0 Å². The molecule has 1 saturated carbocycles. The molecule has 2 unspecified atom stereocenters. The van der Waals surface area contributed by atoms with Crippen LogP contribution in [0.15, 0.2) is 30.6 Å². The molecule has 0 spiro atoms. The fourth-order valence-electron chi connectivity index (χ4n) is 2.77. The van der Waals surface area contributed by atoms with Gasteiger partial charge in [-0.15, -0.1) is 0 Å². The van der Waals surface area contributed by atoms with Gasteiger partial charge in [-0.25, -0.2) is 0 Å². The predicted molar refractivity (Wildman–Crippen MR) is 69.6 cm³/mol. The van der Waals surface area contributed by atoms with E-state index in [4.69, 9.17) is 0 Å². The highest BCUT2D eigenvalue weighted by Crippen LogP contribution is 2.47. The molecule has 0 radical (unpaired) electrons. The summed E-state index contributed by atoms with van der Waals surface area (Å²) >= 11 is 0. The Bertz CT molecular complexity index is 447. The minimum Gasteiger partial charge on any atom is -0.352 e. The molecule has 18 heavy (non-hydrogen) atoms. The number of carbonyl (C=O) groups excluding carboxylic acids is 1. The summed E-state index contributed by atoms with van der Waals surface area (Å²) in [7, 11) is 0. The molecule has 4 nitrogen and oxygen atoms in total. The van der Waals surface area contributed by atoms with Crippen LogP contribution in [0.1, 0.15) is 5.56 Å². The molecule has 4 heteroatoms. The van der Waals surface area contributed by atoms with Crippen molar-refractivity contribution < 1.29 is 4.79 Å². The first kappa shape index (κ1) is 11.4. The zero-order valence-corrected chi connectivity index (χ0v) is 10.2. The number of aromatic nitrogens is 1. The van der Waals surface area contributed by atoms with Crippen molar-refractivity contribution in [1.82, 2.24) is 15.6 Å². The van der Waals surface area contributed by atoms with Crippen molar-refractivity contribution >= 4 is 12.0 Å². The van der Waals surface area contributed by atoms with Crippen LogP contribution in [0.5, 0.6) is 0 Å². The van der Waals surface area contributed by atoms with Gasteiger partial charge in [-0.3, -0.25) is 9.78 Å². The van der Waals surface area contributed by atoms with Gasteiger partial charge in [0.2, 0.25) is 5.91 Å². The number of fused-ring (bicyclic) bond motifs is 1. The molecule has 1 aliphatic carbocycles. The Hall–Kier alpha value is -1.68. The van der Waals surface area contributed by atoms with Crippen LogP contribution in [0, 0.1) is 17.8 Å². The number of nitrogens with zero attached hydrogens (tertiary/aromatic N) is 1. The van der Waals surface area contributed by atoms with E-state index in [0.29, 0.717) is 5.92 Å². The van der Waals surface area contributed by atoms with E-state index in [2.05, 4.69) is 15.6 Å². The van der Waals surface area contributed by atoms with E-state index in [1.807, 2.05) is 12.1 Å². The lowest BCUT2D eigenvalue weighted by molar-refractivity contribution is -0.116. The Balaban J connectivity index is 1.44. The van der Waals surface area contributed by atoms with Crippen molar-refractivity contribution in [3.05, 3.63) is 36.2 Å². The Kier molecular flexibility index (Phi) is 3.11. The molecule has 3 rings (SSSR count). The summed E-state index contributed by atoms with van der Waals surface area (Å²) in [6.45, 7) is 3.06. The molecule has 2 heterocycles. The number of amides is 1. The van der Waals surface area contributed by atoms with Gasteiger partial charge < -0.3 is 10.6 Å². The third-order valence-electron chi connectivity index (χ3n) is 3.89. The summed E-state index contributed by atoms with van der Waals surface area (Å²) in [5.74, 6) is 2.28. The van der Waals surface area contributed by atoms with E-state index in [1.165, 1.54) is 0 Å². The molecule has 0 bridgehead atoms. The number of pyridine rings is 1. The quantitative estimate of drug-likeness (QED) is 0.765. The van der Waals surface area contributed by atoms with Crippen LogP contribution in [-0.2, 0) is 4.79 Å². The molecule has 1 aromatic rings. The minimum atomic E-state index is -0.0169. The van der Waals surface area contributed by atoms with Gasteiger partial charge in [-0.05, 0) is 48.5 Å². The maximum absolute atomic E-state index is 11.6. The SMILES string of the molecule is O=C(/C=C/c1cccnc1)NCC1C2CNCC21. The number of hydrogen-bond acceptors (Lipinski definition) is 3. The van der Waals surface area contributed by atoms with Gasteiger partial charge in [0.25, 0.3) is 0 Å². The summed E-state index contributed by atoms with van der Waals surface area (Å²) in [6, 6.07) is 3.78. The molecule has 2 fully saturated rings. The molecular weight excluding hydrogens is 226 g/mol. The molecule has 0 aromatic carbocycles. The maximum Gasteiger partial charge on any atom is 0.244 e. The molecule has 2 aliphatic rings. The molecule has 1 aliphatic heterocycles. The summed E-state index contributed by atoms with van der Waals surface area (Å²) in [6.07, 6.45) is 6.82. The monoisotopic (exact) mass is 243 g/mol. The Labute approximate surface area is 106 Å². The van der Waals surface area contributed by atoms with Gasteiger partial charge in [-0.1, -0.05) is 6.07 Å².